The zero-order valence-corrected chi connectivity index (χ0v) is 12.1. The zero-order chi connectivity index (χ0) is 15.6. The lowest BCUT2D eigenvalue weighted by Crippen LogP contribution is -2.27. The Labute approximate surface area is 126 Å². The minimum Gasteiger partial charge on any atom is -0.478 e. The monoisotopic (exact) mass is 314 g/mol. The van der Waals surface area contributed by atoms with Crippen molar-refractivity contribution in [2.75, 3.05) is 18.5 Å². The number of aromatic carboxylic acids is 1. The van der Waals surface area contributed by atoms with Crippen molar-refractivity contribution in [3.05, 3.63) is 32.8 Å². The third-order valence-electron chi connectivity index (χ3n) is 3.56. The quantitative estimate of drug-likeness (QED) is 0.640. The summed E-state index contributed by atoms with van der Waals surface area (Å²) in [5, 5.41) is 23.1. The van der Waals surface area contributed by atoms with E-state index in [1.54, 1.807) is 0 Å². The molecule has 0 aromatic heterocycles. The van der Waals surface area contributed by atoms with Crippen LogP contribution in [0.25, 0.3) is 0 Å². The number of hydrogen-bond donors (Lipinski definition) is 2. The lowest BCUT2D eigenvalue weighted by atomic mass is 10.00. The molecule has 7 nitrogen and oxygen atoms in total. The molecule has 114 valence electrons. The number of nitro benzene ring substituents is 1. The fourth-order valence-electron chi connectivity index (χ4n) is 2.31. The first kappa shape index (κ1) is 15.5. The van der Waals surface area contributed by atoms with Crippen LogP contribution in [0.5, 0.6) is 0 Å². The van der Waals surface area contributed by atoms with Crippen molar-refractivity contribution in [2.24, 2.45) is 5.92 Å². The number of carboxylic acid groups (broad SMARTS) is 1. The summed E-state index contributed by atoms with van der Waals surface area (Å²) in [6.07, 6.45) is 0.876. The van der Waals surface area contributed by atoms with E-state index in [9.17, 15) is 20.0 Å². The van der Waals surface area contributed by atoms with Gasteiger partial charge in [-0.05, 0) is 13.3 Å². The highest BCUT2D eigenvalue weighted by molar-refractivity contribution is 6.34. The van der Waals surface area contributed by atoms with Crippen LogP contribution in [0.4, 0.5) is 11.4 Å². The minimum absolute atomic E-state index is 0.0207. The van der Waals surface area contributed by atoms with Gasteiger partial charge in [-0.25, -0.2) is 4.79 Å². The summed E-state index contributed by atoms with van der Waals surface area (Å²) in [5.74, 6) is -1.02. The normalized spacial score (nSPS) is 19.2. The maximum absolute atomic E-state index is 11.3. The first-order valence-corrected chi connectivity index (χ1v) is 6.83. The molecular weight excluding hydrogens is 300 g/mol. The number of nitrogens with one attached hydrogen (secondary N) is 1. The van der Waals surface area contributed by atoms with Gasteiger partial charge in [0.2, 0.25) is 0 Å². The van der Waals surface area contributed by atoms with Gasteiger partial charge in [-0.15, -0.1) is 0 Å². The topological polar surface area (TPSA) is 102 Å². The Bertz CT molecular complexity index is 572. The molecule has 2 rings (SSSR count). The van der Waals surface area contributed by atoms with E-state index < -0.39 is 10.9 Å². The van der Waals surface area contributed by atoms with Crippen LogP contribution in [0.2, 0.25) is 5.02 Å². The first-order chi connectivity index (χ1) is 9.90. The van der Waals surface area contributed by atoms with Crippen molar-refractivity contribution >= 4 is 28.9 Å². The van der Waals surface area contributed by atoms with Crippen LogP contribution in [-0.4, -0.2) is 35.3 Å². The van der Waals surface area contributed by atoms with Crippen LogP contribution in [-0.2, 0) is 4.74 Å². The molecule has 0 amide bonds. The number of benzene rings is 1. The number of nitro groups is 1. The van der Waals surface area contributed by atoms with Crippen LogP contribution < -0.4 is 5.32 Å². The van der Waals surface area contributed by atoms with Gasteiger partial charge in [0.15, 0.2) is 0 Å². The molecule has 1 saturated heterocycles. The van der Waals surface area contributed by atoms with Crippen LogP contribution in [0.15, 0.2) is 12.1 Å². The standard InChI is InChI=1S/C13H15ClN2O5/c1-7(8-2-3-21-6-8)15-12-10(13(17)18)4-9(16(19)20)5-11(12)14/h4-5,7-8,15H,2-3,6H2,1H3,(H,17,18). The van der Waals surface area contributed by atoms with Crippen molar-refractivity contribution in [1.29, 1.82) is 0 Å². The minimum atomic E-state index is -1.27. The van der Waals surface area contributed by atoms with Gasteiger partial charge >= 0.3 is 5.97 Å². The zero-order valence-electron chi connectivity index (χ0n) is 11.3. The van der Waals surface area contributed by atoms with Gasteiger partial charge < -0.3 is 15.2 Å². The summed E-state index contributed by atoms with van der Waals surface area (Å²) in [5.41, 5.74) is -0.353. The van der Waals surface area contributed by atoms with Gasteiger partial charge in [0.25, 0.3) is 5.69 Å². The van der Waals surface area contributed by atoms with Gasteiger partial charge in [0.05, 0.1) is 27.8 Å². The molecule has 1 heterocycles. The summed E-state index contributed by atoms with van der Waals surface area (Å²) in [4.78, 5) is 21.4. The van der Waals surface area contributed by atoms with E-state index in [1.807, 2.05) is 6.92 Å². The molecule has 2 N–H and O–H groups in total. The Morgan fingerprint density at radius 1 is 1.62 bits per heavy atom. The Kier molecular flexibility index (Phi) is 4.64. The predicted octanol–water partition coefficient (Wildman–Crippen LogP) is 2.78. The molecule has 0 radical (unpaired) electrons. The van der Waals surface area contributed by atoms with Gasteiger partial charge in [-0.3, -0.25) is 10.1 Å². The number of carboxylic acids is 1. The molecule has 1 aromatic carbocycles. The summed E-state index contributed by atoms with van der Waals surface area (Å²) >= 11 is 6.01. The Morgan fingerprint density at radius 3 is 2.86 bits per heavy atom. The maximum atomic E-state index is 11.3. The number of nitrogens with zero attached hydrogens (tertiary/aromatic N) is 1. The average molecular weight is 315 g/mol. The fourth-order valence-corrected chi connectivity index (χ4v) is 2.57. The van der Waals surface area contributed by atoms with Crippen molar-refractivity contribution in [3.63, 3.8) is 0 Å². The second-order valence-electron chi connectivity index (χ2n) is 4.97. The van der Waals surface area contributed by atoms with Crippen LogP contribution >= 0.6 is 11.6 Å². The fraction of sp³-hybridized carbons (Fsp3) is 0.462. The van der Waals surface area contributed by atoms with Gasteiger partial charge in [0.1, 0.15) is 0 Å². The van der Waals surface area contributed by atoms with Crippen molar-refractivity contribution in [2.45, 2.75) is 19.4 Å². The highest BCUT2D eigenvalue weighted by Crippen LogP contribution is 2.33. The van der Waals surface area contributed by atoms with Crippen LogP contribution in [0, 0.1) is 16.0 Å². The molecule has 1 aliphatic rings. The molecule has 1 aliphatic heterocycles. The molecule has 0 saturated carbocycles. The lowest BCUT2D eigenvalue weighted by molar-refractivity contribution is -0.384. The summed E-state index contributed by atoms with van der Waals surface area (Å²) in [6.45, 7) is 3.18. The van der Waals surface area contributed by atoms with Gasteiger partial charge in [-0.1, -0.05) is 11.6 Å². The number of halogens is 1. The number of non-ortho nitro benzene ring substituents is 1. The molecule has 8 heteroatoms. The number of anilines is 1. The molecule has 1 aromatic rings. The van der Waals surface area contributed by atoms with E-state index in [4.69, 9.17) is 16.3 Å². The third kappa shape index (κ3) is 3.43. The molecule has 1 fully saturated rings. The summed E-state index contributed by atoms with van der Waals surface area (Å²) < 4.78 is 5.30. The molecule has 0 bridgehead atoms. The van der Waals surface area contributed by atoms with Crippen molar-refractivity contribution in [3.8, 4) is 0 Å². The lowest BCUT2D eigenvalue weighted by Gasteiger charge is -2.22. The van der Waals surface area contributed by atoms with E-state index in [1.165, 1.54) is 0 Å². The smallest absolute Gasteiger partial charge is 0.338 e. The highest BCUT2D eigenvalue weighted by atomic mass is 35.5. The van der Waals surface area contributed by atoms with Crippen LogP contribution in [0.1, 0.15) is 23.7 Å². The van der Waals surface area contributed by atoms with E-state index in [2.05, 4.69) is 5.32 Å². The first-order valence-electron chi connectivity index (χ1n) is 6.45. The van der Waals surface area contributed by atoms with E-state index in [0.717, 1.165) is 18.6 Å². The van der Waals surface area contributed by atoms with Gasteiger partial charge in [0, 0.05) is 30.7 Å². The maximum Gasteiger partial charge on any atom is 0.338 e. The number of hydrogen-bond acceptors (Lipinski definition) is 5. The molecule has 0 spiro atoms. The van der Waals surface area contributed by atoms with E-state index >= 15 is 0 Å². The Morgan fingerprint density at radius 2 is 2.33 bits per heavy atom. The molecule has 2 atom stereocenters. The molecular formula is C13H15ClN2O5. The van der Waals surface area contributed by atoms with Crippen molar-refractivity contribution < 1.29 is 19.6 Å². The SMILES string of the molecule is CC(Nc1c(Cl)cc([N+](=O)[O-])cc1C(=O)O)C1CCOC1. The second-order valence-corrected chi connectivity index (χ2v) is 5.38. The molecule has 0 aliphatic carbocycles. The third-order valence-corrected chi connectivity index (χ3v) is 3.86. The predicted molar refractivity (Wildman–Crippen MR) is 77.1 cm³/mol. The van der Waals surface area contributed by atoms with Crippen LogP contribution in [0.3, 0.4) is 0 Å². The largest absolute Gasteiger partial charge is 0.478 e. The van der Waals surface area contributed by atoms with E-state index in [0.29, 0.717) is 13.2 Å². The summed E-state index contributed by atoms with van der Waals surface area (Å²) in [7, 11) is 0. The Hall–Kier alpha value is -1.86. The number of carbonyl (C=O) groups is 1. The van der Waals surface area contributed by atoms with Crippen molar-refractivity contribution in [1.82, 2.24) is 0 Å². The average Bonchev–Trinajstić information content (AvgIpc) is 2.94. The van der Waals surface area contributed by atoms with E-state index in [-0.39, 0.29) is 33.9 Å². The molecule has 21 heavy (non-hydrogen) atoms. The number of rotatable bonds is 5. The summed E-state index contributed by atoms with van der Waals surface area (Å²) in [6, 6.07) is 2.10. The Balaban J connectivity index is 2.32. The second kappa shape index (κ2) is 6.28. The number of ether oxygens (including phenoxy) is 1. The molecule has 2 unspecified atom stereocenters. The highest BCUT2D eigenvalue weighted by Gasteiger charge is 2.26. The van der Waals surface area contributed by atoms with Gasteiger partial charge in [-0.2, -0.15) is 0 Å².